The van der Waals surface area contributed by atoms with Crippen molar-refractivity contribution in [3.63, 3.8) is 0 Å². The largest absolute Gasteiger partial charge is 0.479 e. The first-order valence-electron chi connectivity index (χ1n) is 9.31. The third-order valence-corrected chi connectivity index (χ3v) is 5.89. The minimum atomic E-state index is -1.01. The van der Waals surface area contributed by atoms with Crippen molar-refractivity contribution in [1.82, 2.24) is 0 Å². The highest BCUT2D eigenvalue weighted by molar-refractivity contribution is 7.22. The van der Waals surface area contributed by atoms with Crippen molar-refractivity contribution in [2.24, 2.45) is 0 Å². The summed E-state index contributed by atoms with van der Waals surface area (Å²) in [5, 5.41) is 10.7. The van der Waals surface area contributed by atoms with Crippen molar-refractivity contribution in [2.45, 2.75) is 18.9 Å². The first-order valence-corrected chi connectivity index (χ1v) is 10.1. The number of hydrogen-bond donors (Lipinski definition) is 1. The number of carbonyl (C=O) groups is 1. The molecule has 0 aliphatic heterocycles. The molecule has 0 saturated heterocycles. The Morgan fingerprint density at radius 3 is 2.41 bits per heavy atom. The second-order valence-electron chi connectivity index (χ2n) is 6.78. The van der Waals surface area contributed by atoms with Gasteiger partial charge in [-0.1, -0.05) is 30.3 Å². The average Bonchev–Trinajstić information content (AvgIpc) is 3.17. The zero-order valence-electron chi connectivity index (χ0n) is 15.5. The predicted octanol–water partition coefficient (Wildman–Crippen LogP) is 6.17. The van der Waals surface area contributed by atoms with E-state index >= 15 is 0 Å². The maximum Gasteiger partial charge on any atom is 0.344 e. The van der Waals surface area contributed by atoms with Crippen LogP contribution in [0.4, 0.5) is 4.39 Å². The van der Waals surface area contributed by atoms with E-state index in [1.165, 1.54) is 22.2 Å². The Morgan fingerprint density at radius 2 is 1.72 bits per heavy atom. The van der Waals surface area contributed by atoms with Gasteiger partial charge in [0.2, 0.25) is 0 Å². The standard InChI is InChI=1S/C24H19FO3S/c25-19-10-5-16(6-11-19)7-14-21(24(26)27)28-20-12-8-17(9-13-20)23-15-18-3-1-2-4-22(18)29-23/h1-6,8-13,15,21H,7,14H2,(H,26,27). The van der Waals surface area contributed by atoms with Crippen LogP contribution in [-0.4, -0.2) is 17.2 Å². The lowest BCUT2D eigenvalue weighted by Crippen LogP contribution is -2.27. The first kappa shape index (κ1) is 19.2. The molecule has 1 atom stereocenters. The molecule has 0 bridgehead atoms. The monoisotopic (exact) mass is 406 g/mol. The molecule has 0 radical (unpaired) electrons. The number of halogens is 1. The normalized spacial score (nSPS) is 12.0. The van der Waals surface area contributed by atoms with E-state index in [0.717, 1.165) is 16.0 Å². The summed E-state index contributed by atoms with van der Waals surface area (Å²) in [7, 11) is 0. The lowest BCUT2D eigenvalue weighted by molar-refractivity contribution is -0.145. The van der Waals surface area contributed by atoms with Crippen LogP contribution in [0.25, 0.3) is 20.5 Å². The van der Waals surface area contributed by atoms with Crippen molar-refractivity contribution in [1.29, 1.82) is 0 Å². The van der Waals surface area contributed by atoms with Gasteiger partial charge in [-0.3, -0.25) is 0 Å². The summed E-state index contributed by atoms with van der Waals surface area (Å²) in [5.74, 6) is -0.805. The molecule has 3 aromatic carbocycles. The van der Waals surface area contributed by atoms with Gasteiger partial charge in [-0.05, 0) is 77.9 Å². The number of aliphatic carboxylic acids is 1. The van der Waals surface area contributed by atoms with Crippen LogP contribution in [0, 0.1) is 5.82 Å². The maximum absolute atomic E-state index is 13.0. The number of hydrogen-bond acceptors (Lipinski definition) is 3. The molecule has 0 fully saturated rings. The van der Waals surface area contributed by atoms with E-state index in [0.29, 0.717) is 18.6 Å². The fourth-order valence-corrected chi connectivity index (χ4v) is 4.24. The van der Waals surface area contributed by atoms with Gasteiger partial charge in [0.05, 0.1) is 0 Å². The average molecular weight is 406 g/mol. The highest BCUT2D eigenvalue weighted by Crippen LogP contribution is 2.34. The predicted molar refractivity (Wildman–Crippen MR) is 114 cm³/mol. The van der Waals surface area contributed by atoms with Crippen LogP contribution in [-0.2, 0) is 11.2 Å². The number of aryl methyl sites for hydroxylation is 1. The number of rotatable bonds is 7. The summed E-state index contributed by atoms with van der Waals surface area (Å²) in [6, 6.07) is 23.9. The van der Waals surface area contributed by atoms with Crippen LogP contribution in [0.5, 0.6) is 5.75 Å². The number of benzene rings is 3. The van der Waals surface area contributed by atoms with Crippen LogP contribution in [0.3, 0.4) is 0 Å². The quantitative estimate of drug-likeness (QED) is 0.399. The summed E-state index contributed by atoms with van der Waals surface area (Å²) in [4.78, 5) is 12.7. The Morgan fingerprint density at radius 1 is 1.00 bits per heavy atom. The molecule has 5 heteroatoms. The number of carboxylic acids is 1. The third-order valence-electron chi connectivity index (χ3n) is 4.73. The third kappa shape index (κ3) is 4.63. The maximum atomic E-state index is 13.0. The number of thiophene rings is 1. The van der Waals surface area contributed by atoms with E-state index < -0.39 is 12.1 Å². The Kier molecular flexibility index (Phi) is 5.58. The molecule has 0 spiro atoms. The molecule has 29 heavy (non-hydrogen) atoms. The Balaban J connectivity index is 1.44. The second kappa shape index (κ2) is 8.45. The summed E-state index contributed by atoms with van der Waals surface area (Å²) in [6.07, 6.45) is -0.161. The molecule has 3 nitrogen and oxygen atoms in total. The number of carboxylic acid groups (broad SMARTS) is 1. The molecule has 0 saturated carbocycles. The summed E-state index contributed by atoms with van der Waals surface area (Å²) < 4.78 is 19.9. The Hall–Kier alpha value is -3.18. The van der Waals surface area contributed by atoms with Gasteiger partial charge in [-0.15, -0.1) is 11.3 Å². The summed E-state index contributed by atoms with van der Waals surface area (Å²) in [6.45, 7) is 0. The molecule has 146 valence electrons. The fourth-order valence-electron chi connectivity index (χ4n) is 3.17. The van der Waals surface area contributed by atoms with Gasteiger partial charge < -0.3 is 9.84 Å². The molecule has 0 aliphatic rings. The zero-order chi connectivity index (χ0) is 20.2. The first-order chi connectivity index (χ1) is 14.1. The molecule has 0 aliphatic carbocycles. The molecule has 4 rings (SSSR count). The van der Waals surface area contributed by atoms with Crippen molar-refractivity contribution < 1.29 is 19.0 Å². The smallest absolute Gasteiger partial charge is 0.344 e. The molecule has 4 aromatic rings. The molecule has 0 amide bonds. The molecule has 1 aromatic heterocycles. The number of ether oxygens (including phenoxy) is 1. The van der Waals surface area contributed by atoms with E-state index in [4.69, 9.17) is 4.74 Å². The van der Waals surface area contributed by atoms with Crippen LogP contribution < -0.4 is 4.74 Å². The van der Waals surface area contributed by atoms with Crippen LogP contribution in [0.15, 0.2) is 78.9 Å². The van der Waals surface area contributed by atoms with E-state index in [2.05, 4.69) is 18.2 Å². The Bertz CT molecular complexity index is 1080. The molecular weight excluding hydrogens is 387 g/mol. The van der Waals surface area contributed by atoms with Gasteiger partial charge in [0.25, 0.3) is 0 Å². The SMILES string of the molecule is O=C(O)C(CCc1ccc(F)cc1)Oc1ccc(-c2cc3ccccc3s2)cc1. The highest BCUT2D eigenvalue weighted by atomic mass is 32.1. The number of fused-ring (bicyclic) bond motifs is 1. The van der Waals surface area contributed by atoms with Crippen LogP contribution >= 0.6 is 11.3 Å². The lowest BCUT2D eigenvalue weighted by Gasteiger charge is -2.15. The van der Waals surface area contributed by atoms with E-state index in [1.807, 2.05) is 24.3 Å². The minimum absolute atomic E-state index is 0.305. The summed E-state index contributed by atoms with van der Waals surface area (Å²) in [5.41, 5.74) is 1.94. The molecule has 1 N–H and O–H groups in total. The van der Waals surface area contributed by atoms with Gasteiger partial charge in [-0.25, -0.2) is 9.18 Å². The molecular formula is C24H19FO3S. The fraction of sp³-hybridized carbons (Fsp3) is 0.125. The molecule has 1 heterocycles. The van der Waals surface area contributed by atoms with E-state index in [-0.39, 0.29) is 5.82 Å². The van der Waals surface area contributed by atoms with Crippen molar-refractivity contribution >= 4 is 27.4 Å². The van der Waals surface area contributed by atoms with Gasteiger partial charge in [0.15, 0.2) is 6.10 Å². The molecule has 1 unspecified atom stereocenters. The topological polar surface area (TPSA) is 46.5 Å². The summed E-state index contributed by atoms with van der Waals surface area (Å²) >= 11 is 1.72. The minimum Gasteiger partial charge on any atom is -0.479 e. The van der Waals surface area contributed by atoms with Crippen molar-refractivity contribution in [3.8, 4) is 16.2 Å². The van der Waals surface area contributed by atoms with Crippen molar-refractivity contribution in [2.75, 3.05) is 0 Å². The Labute approximate surface area is 172 Å². The lowest BCUT2D eigenvalue weighted by atomic mass is 10.1. The highest BCUT2D eigenvalue weighted by Gasteiger charge is 2.19. The van der Waals surface area contributed by atoms with E-state index in [9.17, 15) is 14.3 Å². The van der Waals surface area contributed by atoms with Gasteiger partial charge >= 0.3 is 5.97 Å². The van der Waals surface area contributed by atoms with Gasteiger partial charge in [0.1, 0.15) is 11.6 Å². The van der Waals surface area contributed by atoms with Gasteiger partial charge in [0, 0.05) is 9.58 Å². The second-order valence-corrected chi connectivity index (χ2v) is 7.87. The zero-order valence-corrected chi connectivity index (χ0v) is 16.4. The van der Waals surface area contributed by atoms with Crippen LogP contribution in [0.2, 0.25) is 0 Å². The van der Waals surface area contributed by atoms with Crippen molar-refractivity contribution in [3.05, 3.63) is 90.2 Å². The van der Waals surface area contributed by atoms with Gasteiger partial charge in [-0.2, -0.15) is 0 Å². The van der Waals surface area contributed by atoms with Crippen LogP contribution in [0.1, 0.15) is 12.0 Å². The van der Waals surface area contributed by atoms with E-state index in [1.54, 1.807) is 35.6 Å².